The topological polar surface area (TPSA) is 60.7 Å². The standard InChI is InChI=1S/C24H18Cl2N2O3S/c1-31-14-13-28-21-19(12-11-18(25)20(21)26)32-24(28)27-23(30)17-9-7-16(8-10-17)22(29)15-5-3-2-4-6-15/h2-12H,13-14H2,1H3. The number of carbonyl (C=O) groups is 2. The number of ketones is 1. The molecule has 0 saturated heterocycles. The fourth-order valence-corrected chi connectivity index (χ4v) is 4.79. The second-order valence-corrected chi connectivity index (χ2v) is 8.72. The molecule has 0 aliphatic rings. The smallest absolute Gasteiger partial charge is 0.279 e. The number of carbonyl (C=O) groups excluding carboxylic acids is 2. The molecular weight excluding hydrogens is 467 g/mol. The minimum Gasteiger partial charge on any atom is -0.383 e. The van der Waals surface area contributed by atoms with E-state index in [-0.39, 0.29) is 5.78 Å². The Morgan fingerprint density at radius 1 is 0.938 bits per heavy atom. The molecule has 0 aliphatic heterocycles. The molecule has 0 atom stereocenters. The average molecular weight is 485 g/mol. The van der Waals surface area contributed by atoms with Crippen LogP contribution in [0.25, 0.3) is 10.2 Å². The van der Waals surface area contributed by atoms with Gasteiger partial charge in [0.15, 0.2) is 10.6 Å². The lowest BCUT2D eigenvalue weighted by molar-refractivity contribution is 0.0994. The van der Waals surface area contributed by atoms with Gasteiger partial charge in [0.1, 0.15) is 0 Å². The van der Waals surface area contributed by atoms with E-state index in [1.165, 1.54) is 11.3 Å². The minimum absolute atomic E-state index is 0.102. The summed E-state index contributed by atoms with van der Waals surface area (Å²) in [5.41, 5.74) is 2.20. The molecule has 0 fully saturated rings. The third-order valence-electron chi connectivity index (χ3n) is 4.88. The molecular formula is C24H18Cl2N2O3S. The summed E-state index contributed by atoms with van der Waals surface area (Å²) in [4.78, 5) is 30.3. The summed E-state index contributed by atoms with van der Waals surface area (Å²) < 4.78 is 7.90. The van der Waals surface area contributed by atoms with Crippen LogP contribution < -0.4 is 4.80 Å². The normalized spacial score (nSPS) is 11.8. The van der Waals surface area contributed by atoms with Crippen LogP contribution in [0.3, 0.4) is 0 Å². The van der Waals surface area contributed by atoms with Gasteiger partial charge in [-0.2, -0.15) is 4.99 Å². The molecule has 1 heterocycles. The van der Waals surface area contributed by atoms with E-state index in [2.05, 4.69) is 4.99 Å². The number of hydrogen-bond donors (Lipinski definition) is 0. The lowest BCUT2D eigenvalue weighted by atomic mass is 10.0. The number of nitrogens with zero attached hydrogens (tertiary/aromatic N) is 2. The molecule has 0 radical (unpaired) electrons. The molecule has 4 rings (SSSR count). The van der Waals surface area contributed by atoms with Crippen molar-refractivity contribution >= 4 is 56.4 Å². The average Bonchev–Trinajstić information content (AvgIpc) is 3.17. The Labute approximate surface area is 198 Å². The largest absolute Gasteiger partial charge is 0.383 e. The summed E-state index contributed by atoms with van der Waals surface area (Å²) in [5.74, 6) is -0.515. The molecule has 3 aromatic carbocycles. The molecule has 0 unspecified atom stereocenters. The number of hydrogen-bond acceptors (Lipinski definition) is 4. The van der Waals surface area contributed by atoms with E-state index >= 15 is 0 Å². The van der Waals surface area contributed by atoms with Gasteiger partial charge in [0.2, 0.25) is 0 Å². The number of halogens is 2. The monoisotopic (exact) mass is 484 g/mol. The Balaban J connectivity index is 1.69. The third kappa shape index (κ3) is 4.54. The van der Waals surface area contributed by atoms with Gasteiger partial charge in [0.25, 0.3) is 5.91 Å². The van der Waals surface area contributed by atoms with Crippen molar-refractivity contribution in [2.24, 2.45) is 4.99 Å². The zero-order valence-electron chi connectivity index (χ0n) is 17.0. The Morgan fingerprint density at radius 2 is 1.59 bits per heavy atom. The Morgan fingerprint density at radius 3 is 2.28 bits per heavy atom. The number of methoxy groups -OCH3 is 1. The van der Waals surface area contributed by atoms with E-state index in [0.29, 0.717) is 44.7 Å². The van der Waals surface area contributed by atoms with Gasteiger partial charge in [0, 0.05) is 30.3 Å². The van der Waals surface area contributed by atoms with Crippen molar-refractivity contribution in [3.63, 3.8) is 0 Å². The Kier molecular flexibility index (Phi) is 6.86. The highest BCUT2D eigenvalue weighted by molar-refractivity contribution is 7.16. The second-order valence-electron chi connectivity index (χ2n) is 6.93. The SMILES string of the molecule is COCCn1c(=NC(=O)c2ccc(C(=O)c3ccccc3)cc2)sc2ccc(Cl)c(Cl)c21. The Bertz CT molecular complexity index is 1360. The summed E-state index contributed by atoms with van der Waals surface area (Å²) in [5, 5.41) is 0.842. The van der Waals surface area contributed by atoms with E-state index in [1.807, 2.05) is 28.8 Å². The van der Waals surface area contributed by atoms with Crippen LogP contribution >= 0.6 is 34.5 Å². The zero-order valence-corrected chi connectivity index (χ0v) is 19.4. The van der Waals surface area contributed by atoms with Crippen molar-refractivity contribution in [2.75, 3.05) is 13.7 Å². The van der Waals surface area contributed by atoms with Crippen molar-refractivity contribution in [1.29, 1.82) is 0 Å². The highest BCUT2D eigenvalue weighted by atomic mass is 35.5. The van der Waals surface area contributed by atoms with Gasteiger partial charge >= 0.3 is 0 Å². The number of thiazole rings is 1. The number of fused-ring (bicyclic) bond motifs is 1. The van der Waals surface area contributed by atoms with Crippen molar-refractivity contribution in [2.45, 2.75) is 6.54 Å². The van der Waals surface area contributed by atoms with Crippen LogP contribution in [0.1, 0.15) is 26.3 Å². The number of ether oxygens (including phenoxy) is 1. The quantitative estimate of drug-likeness (QED) is 0.333. The number of amides is 1. The predicted molar refractivity (Wildman–Crippen MR) is 128 cm³/mol. The maximum absolute atomic E-state index is 12.9. The zero-order chi connectivity index (χ0) is 22.7. The van der Waals surface area contributed by atoms with E-state index in [0.717, 1.165) is 10.2 Å². The number of benzene rings is 3. The summed E-state index contributed by atoms with van der Waals surface area (Å²) in [6.45, 7) is 0.888. The van der Waals surface area contributed by atoms with Crippen LogP contribution in [0.4, 0.5) is 0 Å². The van der Waals surface area contributed by atoms with Gasteiger partial charge < -0.3 is 9.30 Å². The number of rotatable bonds is 6. The van der Waals surface area contributed by atoms with Crippen LogP contribution in [0.15, 0.2) is 71.7 Å². The maximum atomic E-state index is 12.9. The molecule has 0 N–H and O–H groups in total. The van der Waals surface area contributed by atoms with Crippen molar-refractivity contribution in [3.8, 4) is 0 Å². The minimum atomic E-state index is -0.413. The summed E-state index contributed by atoms with van der Waals surface area (Å²) in [7, 11) is 1.60. The highest BCUT2D eigenvalue weighted by Crippen LogP contribution is 2.32. The van der Waals surface area contributed by atoms with Gasteiger partial charge in [-0.25, -0.2) is 0 Å². The van der Waals surface area contributed by atoms with Crippen LogP contribution in [0, 0.1) is 0 Å². The molecule has 5 nitrogen and oxygen atoms in total. The second kappa shape index (κ2) is 9.79. The van der Waals surface area contributed by atoms with Gasteiger partial charge in [0.05, 0.1) is 26.9 Å². The van der Waals surface area contributed by atoms with Crippen LogP contribution in [0.5, 0.6) is 0 Å². The molecule has 1 aromatic heterocycles. The van der Waals surface area contributed by atoms with E-state index in [9.17, 15) is 9.59 Å². The summed E-state index contributed by atoms with van der Waals surface area (Å²) in [6.07, 6.45) is 0. The van der Waals surface area contributed by atoms with Crippen LogP contribution in [-0.2, 0) is 11.3 Å². The lowest BCUT2D eigenvalue weighted by Crippen LogP contribution is -2.19. The van der Waals surface area contributed by atoms with E-state index in [4.69, 9.17) is 27.9 Å². The van der Waals surface area contributed by atoms with Crippen molar-refractivity contribution in [3.05, 3.63) is 98.3 Å². The summed E-state index contributed by atoms with van der Waals surface area (Å²) in [6, 6.07) is 19.1. The first-order chi connectivity index (χ1) is 15.5. The van der Waals surface area contributed by atoms with Gasteiger partial charge in [-0.3, -0.25) is 9.59 Å². The van der Waals surface area contributed by atoms with Crippen LogP contribution in [-0.4, -0.2) is 30.0 Å². The van der Waals surface area contributed by atoms with Crippen molar-refractivity contribution < 1.29 is 14.3 Å². The molecule has 0 spiro atoms. The fourth-order valence-electron chi connectivity index (χ4n) is 3.25. The lowest BCUT2D eigenvalue weighted by Gasteiger charge is -2.06. The first-order valence-corrected chi connectivity index (χ1v) is 11.3. The first-order valence-electron chi connectivity index (χ1n) is 9.74. The molecule has 4 aromatic rings. The predicted octanol–water partition coefficient (Wildman–Crippen LogP) is 5.63. The summed E-state index contributed by atoms with van der Waals surface area (Å²) >= 11 is 14.0. The maximum Gasteiger partial charge on any atom is 0.279 e. The van der Waals surface area contributed by atoms with E-state index < -0.39 is 5.91 Å². The molecule has 0 aliphatic carbocycles. The van der Waals surface area contributed by atoms with Gasteiger partial charge in [-0.05, 0) is 24.3 Å². The first kappa shape index (κ1) is 22.4. The third-order valence-corrected chi connectivity index (χ3v) is 6.72. The van der Waals surface area contributed by atoms with Gasteiger partial charge in [-0.15, -0.1) is 0 Å². The molecule has 0 bridgehead atoms. The highest BCUT2D eigenvalue weighted by Gasteiger charge is 2.15. The molecule has 1 amide bonds. The molecule has 8 heteroatoms. The molecule has 0 saturated carbocycles. The van der Waals surface area contributed by atoms with Crippen molar-refractivity contribution in [1.82, 2.24) is 4.57 Å². The fraction of sp³-hybridized carbons (Fsp3) is 0.125. The molecule has 32 heavy (non-hydrogen) atoms. The van der Waals surface area contributed by atoms with Crippen LogP contribution in [0.2, 0.25) is 10.0 Å². The van der Waals surface area contributed by atoms with E-state index in [1.54, 1.807) is 49.6 Å². The molecule has 162 valence electrons. The Hall–Kier alpha value is -2.77. The van der Waals surface area contributed by atoms with Gasteiger partial charge in [-0.1, -0.05) is 77.0 Å². The number of aromatic nitrogens is 1.